The zero-order valence-corrected chi connectivity index (χ0v) is 13.4. The summed E-state index contributed by atoms with van der Waals surface area (Å²) in [5, 5.41) is 17.3. The lowest BCUT2D eigenvalue weighted by molar-refractivity contribution is -0.131. The van der Waals surface area contributed by atoms with Crippen molar-refractivity contribution >= 4 is 5.91 Å². The highest BCUT2D eigenvalue weighted by Crippen LogP contribution is 2.22. The number of ether oxygens (including phenoxy) is 1. The number of rotatable bonds is 6. The molecule has 24 heavy (non-hydrogen) atoms. The predicted octanol–water partition coefficient (Wildman–Crippen LogP) is 2.98. The zero-order chi connectivity index (χ0) is 17.4. The quantitative estimate of drug-likeness (QED) is 0.820. The smallest absolute Gasteiger partial charge is 0.260 e. The number of likely N-dealkylation sites (N-methyl/N-ethyl adjacent to an activating group) is 1. The molecule has 5 heteroatoms. The summed E-state index contributed by atoms with van der Waals surface area (Å²) < 4.78 is 5.48. The first kappa shape index (κ1) is 17.1. The summed E-state index contributed by atoms with van der Waals surface area (Å²) >= 11 is 0. The van der Waals surface area contributed by atoms with Crippen LogP contribution >= 0.6 is 0 Å². The van der Waals surface area contributed by atoms with Crippen LogP contribution in [0.1, 0.15) is 12.0 Å². The van der Waals surface area contributed by atoms with Gasteiger partial charge in [-0.05, 0) is 35.4 Å². The maximum absolute atomic E-state index is 11.8. The number of nitrogens with zero attached hydrogens (tertiary/aromatic N) is 3. The first-order valence-electron chi connectivity index (χ1n) is 7.48. The lowest BCUT2D eigenvalue weighted by Crippen LogP contribution is -2.32. The molecule has 0 atom stereocenters. The Morgan fingerprint density at radius 1 is 1.04 bits per heavy atom. The average molecular weight is 319 g/mol. The van der Waals surface area contributed by atoms with Crippen molar-refractivity contribution in [1.82, 2.24) is 4.90 Å². The van der Waals surface area contributed by atoms with Crippen LogP contribution in [-0.2, 0) is 4.79 Å². The molecule has 0 aliphatic rings. The lowest BCUT2D eigenvalue weighted by atomic mass is 10.0. The molecule has 0 fully saturated rings. The molecule has 0 spiro atoms. The van der Waals surface area contributed by atoms with E-state index in [9.17, 15) is 4.79 Å². The molecule has 0 saturated carbocycles. The standard InChI is InChI=1S/C19H17N3O2/c1-22(12-2-11-20)19(23)14-24-18-9-7-17(8-10-18)16-5-3-15(13-21)4-6-16/h3-10H,2,12,14H2,1H3. The topological polar surface area (TPSA) is 77.1 Å². The number of benzene rings is 2. The van der Waals surface area contributed by atoms with Crippen LogP contribution in [0.2, 0.25) is 0 Å². The van der Waals surface area contributed by atoms with E-state index in [1.54, 1.807) is 31.3 Å². The monoisotopic (exact) mass is 319 g/mol. The summed E-state index contributed by atoms with van der Waals surface area (Å²) in [4.78, 5) is 13.3. The van der Waals surface area contributed by atoms with Crippen molar-refractivity contribution < 1.29 is 9.53 Å². The third-order valence-electron chi connectivity index (χ3n) is 3.55. The van der Waals surface area contributed by atoms with Crippen LogP contribution in [0.4, 0.5) is 0 Å². The first-order valence-corrected chi connectivity index (χ1v) is 7.48. The summed E-state index contributed by atoms with van der Waals surface area (Å²) in [6, 6.07) is 18.8. The van der Waals surface area contributed by atoms with Gasteiger partial charge in [-0.25, -0.2) is 0 Å². The Morgan fingerprint density at radius 3 is 2.17 bits per heavy atom. The number of hydrogen-bond donors (Lipinski definition) is 0. The van der Waals surface area contributed by atoms with Crippen LogP contribution in [0.15, 0.2) is 48.5 Å². The Balaban J connectivity index is 1.93. The van der Waals surface area contributed by atoms with Crippen LogP contribution in [0.25, 0.3) is 11.1 Å². The molecule has 0 aliphatic carbocycles. The van der Waals surface area contributed by atoms with Crippen LogP contribution in [-0.4, -0.2) is 31.0 Å². The Bertz CT molecular complexity index is 768. The van der Waals surface area contributed by atoms with E-state index in [1.165, 1.54) is 4.90 Å². The molecule has 5 nitrogen and oxygen atoms in total. The van der Waals surface area contributed by atoms with E-state index < -0.39 is 0 Å². The Morgan fingerprint density at radius 2 is 1.62 bits per heavy atom. The molecule has 1 amide bonds. The molecule has 0 aliphatic heterocycles. The van der Waals surface area contributed by atoms with Crippen molar-refractivity contribution in [2.24, 2.45) is 0 Å². The third kappa shape index (κ3) is 4.59. The summed E-state index contributed by atoms with van der Waals surface area (Å²) in [7, 11) is 1.65. The van der Waals surface area contributed by atoms with Gasteiger partial charge < -0.3 is 9.64 Å². The van der Waals surface area contributed by atoms with Crippen molar-refractivity contribution in [2.45, 2.75) is 6.42 Å². The molecular weight excluding hydrogens is 302 g/mol. The second-order valence-corrected chi connectivity index (χ2v) is 5.23. The molecule has 0 heterocycles. The van der Waals surface area contributed by atoms with Gasteiger partial charge in [0.2, 0.25) is 0 Å². The number of carbonyl (C=O) groups excluding carboxylic acids is 1. The zero-order valence-electron chi connectivity index (χ0n) is 13.4. The fourth-order valence-corrected chi connectivity index (χ4v) is 2.08. The molecule has 2 aromatic carbocycles. The van der Waals surface area contributed by atoms with E-state index in [-0.39, 0.29) is 12.5 Å². The Kier molecular flexibility index (Phi) is 5.94. The summed E-state index contributed by atoms with van der Waals surface area (Å²) in [6.45, 7) is 0.342. The number of nitriles is 2. The molecule has 0 bridgehead atoms. The van der Waals surface area contributed by atoms with Gasteiger partial charge in [0.25, 0.3) is 5.91 Å². The highest BCUT2D eigenvalue weighted by molar-refractivity contribution is 5.77. The molecule has 2 rings (SSSR count). The molecule has 2 aromatic rings. The molecule has 0 N–H and O–H groups in total. The molecule has 0 radical (unpaired) electrons. The summed E-state index contributed by atoms with van der Waals surface area (Å²) in [5.74, 6) is 0.441. The van der Waals surface area contributed by atoms with E-state index in [0.29, 0.717) is 24.3 Å². The fraction of sp³-hybridized carbons (Fsp3) is 0.211. The van der Waals surface area contributed by atoms with Crippen molar-refractivity contribution in [3.05, 3.63) is 54.1 Å². The SMILES string of the molecule is CN(CCC#N)C(=O)COc1ccc(-c2ccc(C#N)cc2)cc1. The number of amides is 1. The minimum absolute atomic E-state index is 0.0574. The Labute approximate surface area is 141 Å². The second kappa shape index (κ2) is 8.36. The highest BCUT2D eigenvalue weighted by atomic mass is 16.5. The minimum Gasteiger partial charge on any atom is -0.484 e. The molecule has 0 unspecified atom stereocenters. The van der Waals surface area contributed by atoms with E-state index >= 15 is 0 Å². The predicted molar refractivity (Wildman–Crippen MR) is 90.0 cm³/mol. The van der Waals surface area contributed by atoms with E-state index in [1.807, 2.05) is 30.3 Å². The fourth-order valence-electron chi connectivity index (χ4n) is 2.08. The third-order valence-corrected chi connectivity index (χ3v) is 3.55. The van der Waals surface area contributed by atoms with Crippen molar-refractivity contribution in [1.29, 1.82) is 10.5 Å². The van der Waals surface area contributed by atoms with Gasteiger partial charge in [0.05, 0.1) is 24.1 Å². The van der Waals surface area contributed by atoms with Gasteiger partial charge in [-0.3, -0.25) is 4.79 Å². The van der Waals surface area contributed by atoms with Crippen molar-refractivity contribution in [3.8, 4) is 29.0 Å². The van der Waals surface area contributed by atoms with Gasteiger partial charge in [-0.1, -0.05) is 24.3 Å². The largest absolute Gasteiger partial charge is 0.484 e. The van der Waals surface area contributed by atoms with Crippen LogP contribution in [0.3, 0.4) is 0 Å². The van der Waals surface area contributed by atoms with E-state index in [4.69, 9.17) is 15.3 Å². The van der Waals surface area contributed by atoms with Crippen LogP contribution in [0.5, 0.6) is 5.75 Å². The van der Waals surface area contributed by atoms with Crippen LogP contribution < -0.4 is 4.74 Å². The molecule has 120 valence electrons. The summed E-state index contributed by atoms with van der Waals surface area (Å²) in [5.41, 5.74) is 2.63. The van der Waals surface area contributed by atoms with Gasteiger partial charge in [0.1, 0.15) is 5.75 Å². The second-order valence-electron chi connectivity index (χ2n) is 5.23. The molecular formula is C19H17N3O2. The average Bonchev–Trinajstić information content (AvgIpc) is 2.64. The normalized spacial score (nSPS) is 9.62. The molecule has 0 aromatic heterocycles. The highest BCUT2D eigenvalue weighted by Gasteiger charge is 2.09. The van der Waals surface area contributed by atoms with Gasteiger partial charge in [-0.2, -0.15) is 10.5 Å². The molecule has 0 saturated heterocycles. The maximum Gasteiger partial charge on any atom is 0.260 e. The Hall–Kier alpha value is -3.31. The lowest BCUT2D eigenvalue weighted by Gasteiger charge is -2.15. The van der Waals surface area contributed by atoms with Gasteiger partial charge in [-0.15, -0.1) is 0 Å². The van der Waals surface area contributed by atoms with Gasteiger partial charge >= 0.3 is 0 Å². The van der Waals surface area contributed by atoms with E-state index in [2.05, 4.69) is 6.07 Å². The van der Waals surface area contributed by atoms with Gasteiger partial charge in [0.15, 0.2) is 6.61 Å². The summed E-state index contributed by atoms with van der Waals surface area (Å²) in [6.07, 6.45) is 0.307. The maximum atomic E-state index is 11.8. The van der Waals surface area contributed by atoms with E-state index in [0.717, 1.165) is 11.1 Å². The number of hydrogen-bond acceptors (Lipinski definition) is 4. The first-order chi connectivity index (χ1) is 11.6. The van der Waals surface area contributed by atoms with Crippen molar-refractivity contribution in [2.75, 3.05) is 20.2 Å². The number of carbonyl (C=O) groups is 1. The van der Waals surface area contributed by atoms with Gasteiger partial charge in [0, 0.05) is 13.6 Å². The van der Waals surface area contributed by atoms with Crippen molar-refractivity contribution in [3.63, 3.8) is 0 Å². The van der Waals surface area contributed by atoms with Crippen LogP contribution in [0, 0.1) is 22.7 Å². The minimum atomic E-state index is -0.165.